The number of amides is 1. The first kappa shape index (κ1) is 13.7. The third kappa shape index (κ3) is 4.53. The minimum atomic E-state index is -0.0837. The summed E-state index contributed by atoms with van der Waals surface area (Å²) >= 11 is 3.27. The lowest BCUT2D eigenvalue weighted by atomic mass is 10.4. The van der Waals surface area contributed by atoms with Crippen LogP contribution in [0.25, 0.3) is 0 Å². The first-order valence-corrected chi connectivity index (χ1v) is 5.96. The fourth-order valence-electron chi connectivity index (χ4n) is 1.05. The van der Waals surface area contributed by atoms with Crippen LogP contribution in [0.15, 0.2) is 10.7 Å². The molecule has 1 heterocycles. The molecule has 1 aromatic heterocycles. The summed E-state index contributed by atoms with van der Waals surface area (Å²) in [7, 11) is 0. The highest BCUT2D eigenvalue weighted by Gasteiger charge is 2.06. The van der Waals surface area contributed by atoms with Gasteiger partial charge < -0.3 is 10.6 Å². The van der Waals surface area contributed by atoms with Crippen LogP contribution in [0, 0.1) is 0 Å². The summed E-state index contributed by atoms with van der Waals surface area (Å²) < 4.78 is 0.666. The first-order valence-electron chi connectivity index (χ1n) is 5.17. The number of nitrogen functional groups attached to an aromatic ring is 1. The first-order chi connectivity index (χ1) is 8.17. The molecule has 0 aliphatic heterocycles. The van der Waals surface area contributed by atoms with Gasteiger partial charge in [-0.25, -0.2) is 10.8 Å². The third-order valence-electron chi connectivity index (χ3n) is 1.86. The van der Waals surface area contributed by atoms with Crippen LogP contribution in [0.4, 0.5) is 11.8 Å². The van der Waals surface area contributed by atoms with Crippen molar-refractivity contribution in [3.8, 4) is 0 Å². The fraction of sp³-hybridized carbons (Fsp3) is 0.444. The molecule has 7 nitrogen and oxygen atoms in total. The molecule has 0 radical (unpaired) electrons. The lowest BCUT2D eigenvalue weighted by Gasteiger charge is -2.08. The monoisotopic (exact) mass is 302 g/mol. The molecule has 1 rings (SSSR count). The average molecular weight is 303 g/mol. The molecule has 0 aromatic carbocycles. The number of rotatable bonds is 6. The van der Waals surface area contributed by atoms with Gasteiger partial charge in [0.25, 0.3) is 0 Å². The van der Waals surface area contributed by atoms with Crippen LogP contribution in [-0.4, -0.2) is 29.0 Å². The number of nitrogens with zero attached hydrogens (tertiary/aromatic N) is 2. The van der Waals surface area contributed by atoms with Crippen LogP contribution >= 0.6 is 15.9 Å². The van der Waals surface area contributed by atoms with Gasteiger partial charge in [-0.15, -0.1) is 0 Å². The molecule has 0 aliphatic carbocycles. The summed E-state index contributed by atoms with van der Waals surface area (Å²) in [4.78, 5) is 19.3. The highest BCUT2D eigenvalue weighted by molar-refractivity contribution is 9.10. The van der Waals surface area contributed by atoms with Crippen LogP contribution in [-0.2, 0) is 4.79 Å². The number of aromatic nitrogens is 2. The number of nitrogens with one attached hydrogen (secondary N) is 3. The predicted molar refractivity (Wildman–Crippen MR) is 69.3 cm³/mol. The molecule has 0 saturated carbocycles. The fourth-order valence-corrected chi connectivity index (χ4v) is 1.38. The molecule has 0 atom stereocenters. The minimum absolute atomic E-state index is 0.0837. The normalized spacial score (nSPS) is 9.82. The number of halogens is 1. The van der Waals surface area contributed by atoms with Gasteiger partial charge in [-0.05, 0) is 22.4 Å². The van der Waals surface area contributed by atoms with Crippen LogP contribution in [0.5, 0.6) is 0 Å². The number of carbonyl (C=O) groups excluding carboxylic acids is 1. The maximum atomic E-state index is 11.4. The van der Waals surface area contributed by atoms with Gasteiger partial charge in [-0.2, -0.15) is 4.98 Å². The summed E-state index contributed by atoms with van der Waals surface area (Å²) in [5.74, 6) is 5.91. The van der Waals surface area contributed by atoms with E-state index in [1.54, 1.807) is 6.20 Å². The van der Waals surface area contributed by atoms with Crippen molar-refractivity contribution in [2.75, 3.05) is 23.8 Å². The van der Waals surface area contributed by atoms with E-state index in [9.17, 15) is 4.79 Å². The predicted octanol–water partition coefficient (Wildman–Crippen LogP) is 0.463. The zero-order valence-corrected chi connectivity index (χ0v) is 11.0. The molecule has 0 saturated heterocycles. The van der Waals surface area contributed by atoms with Gasteiger partial charge in [-0.1, -0.05) is 6.92 Å². The van der Waals surface area contributed by atoms with Crippen molar-refractivity contribution in [1.82, 2.24) is 15.3 Å². The SMILES string of the molecule is CCCNC(=O)CNc1nc(NN)ncc1Br. The highest BCUT2D eigenvalue weighted by atomic mass is 79.9. The molecule has 0 fully saturated rings. The quantitative estimate of drug-likeness (QED) is 0.449. The average Bonchev–Trinajstić information content (AvgIpc) is 2.35. The van der Waals surface area contributed by atoms with Crippen molar-refractivity contribution < 1.29 is 4.79 Å². The Labute approximate surface area is 108 Å². The second kappa shape index (κ2) is 7.02. The van der Waals surface area contributed by atoms with E-state index in [1.165, 1.54) is 0 Å². The molecule has 0 bridgehead atoms. The Kier molecular flexibility index (Phi) is 5.64. The number of hydrogen-bond acceptors (Lipinski definition) is 6. The number of nitrogens with two attached hydrogens (primary N) is 1. The third-order valence-corrected chi connectivity index (χ3v) is 2.44. The van der Waals surface area contributed by atoms with Crippen molar-refractivity contribution in [2.24, 2.45) is 5.84 Å². The van der Waals surface area contributed by atoms with Crippen LogP contribution < -0.4 is 21.9 Å². The molecule has 94 valence electrons. The van der Waals surface area contributed by atoms with Crippen molar-refractivity contribution in [1.29, 1.82) is 0 Å². The Morgan fingerprint density at radius 2 is 2.35 bits per heavy atom. The van der Waals surface area contributed by atoms with Crippen LogP contribution in [0.2, 0.25) is 0 Å². The highest BCUT2D eigenvalue weighted by Crippen LogP contribution is 2.19. The molecule has 1 amide bonds. The maximum Gasteiger partial charge on any atom is 0.239 e. The molecule has 0 aliphatic rings. The topological polar surface area (TPSA) is 105 Å². The van der Waals surface area contributed by atoms with Crippen molar-refractivity contribution >= 4 is 33.6 Å². The molecule has 0 unspecified atom stereocenters. The Morgan fingerprint density at radius 1 is 1.59 bits per heavy atom. The van der Waals surface area contributed by atoms with Crippen molar-refractivity contribution in [3.63, 3.8) is 0 Å². The van der Waals surface area contributed by atoms with E-state index in [-0.39, 0.29) is 18.4 Å². The second-order valence-corrected chi connectivity index (χ2v) is 4.09. The molecular formula is C9H15BrN6O. The van der Waals surface area contributed by atoms with Gasteiger partial charge in [0.15, 0.2) is 0 Å². The smallest absolute Gasteiger partial charge is 0.239 e. The Hall–Kier alpha value is -1.41. The molecule has 8 heteroatoms. The van der Waals surface area contributed by atoms with Gasteiger partial charge >= 0.3 is 0 Å². The van der Waals surface area contributed by atoms with Gasteiger partial charge in [0, 0.05) is 12.7 Å². The van der Waals surface area contributed by atoms with Crippen LogP contribution in [0.3, 0.4) is 0 Å². The standard InChI is InChI=1S/C9H15BrN6O/c1-2-3-12-7(17)5-13-8-6(10)4-14-9(15-8)16-11/h4H,2-3,5,11H2,1H3,(H,12,17)(H2,13,14,15,16). The van der Waals surface area contributed by atoms with Crippen LogP contribution in [0.1, 0.15) is 13.3 Å². The van der Waals surface area contributed by atoms with Gasteiger partial charge in [-0.3, -0.25) is 10.2 Å². The van der Waals surface area contributed by atoms with E-state index in [2.05, 4.69) is 42.0 Å². The molecule has 5 N–H and O–H groups in total. The Morgan fingerprint density at radius 3 is 3.00 bits per heavy atom. The summed E-state index contributed by atoms with van der Waals surface area (Å²) in [6.45, 7) is 2.81. The minimum Gasteiger partial charge on any atom is -0.360 e. The lowest BCUT2D eigenvalue weighted by Crippen LogP contribution is -2.30. The van der Waals surface area contributed by atoms with Gasteiger partial charge in [0.1, 0.15) is 5.82 Å². The number of carbonyl (C=O) groups is 1. The zero-order valence-electron chi connectivity index (χ0n) is 9.46. The van der Waals surface area contributed by atoms with E-state index in [4.69, 9.17) is 5.84 Å². The molecule has 1 aromatic rings. The van der Waals surface area contributed by atoms with E-state index >= 15 is 0 Å². The molecule has 0 spiro atoms. The van der Waals surface area contributed by atoms with E-state index in [1.807, 2.05) is 6.92 Å². The lowest BCUT2D eigenvalue weighted by molar-refractivity contribution is -0.119. The van der Waals surface area contributed by atoms with Gasteiger partial charge in [0.05, 0.1) is 11.0 Å². The van der Waals surface area contributed by atoms with Crippen molar-refractivity contribution in [3.05, 3.63) is 10.7 Å². The largest absolute Gasteiger partial charge is 0.360 e. The van der Waals surface area contributed by atoms with E-state index in [0.29, 0.717) is 16.8 Å². The summed E-state index contributed by atoms with van der Waals surface area (Å²) in [5.41, 5.74) is 2.33. The maximum absolute atomic E-state index is 11.4. The second-order valence-electron chi connectivity index (χ2n) is 3.24. The zero-order chi connectivity index (χ0) is 12.7. The molecular weight excluding hydrogens is 288 g/mol. The number of hydrogen-bond donors (Lipinski definition) is 4. The van der Waals surface area contributed by atoms with Crippen molar-refractivity contribution in [2.45, 2.75) is 13.3 Å². The summed E-state index contributed by atoms with van der Waals surface area (Å²) in [6.07, 6.45) is 2.46. The number of anilines is 2. The molecule has 17 heavy (non-hydrogen) atoms. The number of hydrazine groups is 1. The Bertz CT molecular complexity index is 386. The summed E-state index contributed by atoms with van der Waals surface area (Å²) in [6, 6.07) is 0. The van der Waals surface area contributed by atoms with E-state index in [0.717, 1.165) is 6.42 Å². The van der Waals surface area contributed by atoms with Gasteiger partial charge in [0.2, 0.25) is 11.9 Å². The summed E-state index contributed by atoms with van der Waals surface area (Å²) in [5, 5.41) is 5.64. The van der Waals surface area contributed by atoms with E-state index < -0.39 is 0 Å². The Balaban J connectivity index is 2.53.